The highest BCUT2D eigenvalue weighted by molar-refractivity contribution is 5.65. The monoisotopic (exact) mass is 384 g/mol. The number of ether oxygens (including phenoxy) is 1. The second kappa shape index (κ2) is 7.01. The summed E-state index contributed by atoms with van der Waals surface area (Å²) in [6.45, 7) is 1.78. The molecular weight excluding hydrogens is 360 g/mol. The van der Waals surface area contributed by atoms with Gasteiger partial charge in [0.1, 0.15) is 5.75 Å². The molecule has 2 aliphatic rings. The molecule has 1 saturated carbocycles. The number of hydrogen-bond donors (Lipinski definition) is 1. The quantitative estimate of drug-likeness (QED) is 0.584. The molecule has 146 valence electrons. The minimum absolute atomic E-state index is 0.117. The smallest absolute Gasteiger partial charge is 0.144 e. The van der Waals surface area contributed by atoms with Crippen LogP contribution < -0.4 is 15.4 Å². The van der Waals surface area contributed by atoms with E-state index >= 15 is 0 Å². The van der Waals surface area contributed by atoms with Crippen molar-refractivity contribution in [2.75, 3.05) is 12.0 Å². The first-order valence-electron chi connectivity index (χ1n) is 9.96. The summed E-state index contributed by atoms with van der Waals surface area (Å²) in [5.74, 6) is 0.809. The van der Waals surface area contributed by atoms with Crippen LogP contribution in [0.1, 0.15) is 29.5 Å². The number of fused-ring (bicyclic) bond motifs is 1. The van der Waals surface area contributed by atoms with Gasteiger partial charge in [0.15, 0.2) is 0 Å². The summed E-state index contributed by atoms with van der Waals surface area (Å²) < 4.78 is 5.65. The molecule has 3 aromatic carbocycles. The molecule has 3 aromatic rings. The van der Waals surface area contributed by atoms with Crippen molar-refractivity contribution >= 4 is 17.1 Å². The molecule has 0 radical (unpaired) electrons. The van der Waals surface area contributed by atoms with Gasteiger partial charge in [-0.3, -0.25) is 0 Å². The Morgan fingerprint density at radius 3 is 2.10 bits per heavy atom. The topological polar surface area (TPSA) is 63.2 Å². The van der Waals surface area contributed by atoms with Crippen molar-refractivity contribution in [3.05, 3.63) is 83.4 Å². The van der Waals surface area contributed by atoms with Crippen molar-refractivity contribution < 1.29 is 4.74 Å². The van der Waals surface area contributed by atoms with Crippen molar-refractivity contribution in [2.24, 2.45) is 16.0 Å². The van der Waals surface area contributed by atoms with E-state index in [2.05, 4.69) is 57.6 Å². The first kappa shape index (κ1) is 17.9. The van der Waals surface area contributed by atoms with E-state index < -0.39 is 0 Å². The Kier molecular flexibility index (Phi) is 4.32. The molecule has 5 heteroatoms. The third-order valence-electron chi connectivity index (χ3n) is 5.86. The lowest BCUT2D eigenvalue weighted by molar-refractivity contribution is 0.414. The lowest BCUT2D eigenvalue weighted by Crippen LogP contribution is -2.18. The van der Waals surface area contributed by atoms with Gasteiger partial charge in [-0.15, -0.1) is 0 Å². The molecule has 0 atom stereocenters. The molecule has 0 amide bonds. The molecule has 0 bridgehead atoms. The zero-order chi connectivity index (χ0) is 19.8. The maximum Gasteiger partial charge on any atom is 0.144 e. The summed E-state index contributed by atoms with van der Waals surface area (Å²) >= 11 is 0. The van der Waals surface area contributed by atoms with Gasteiger partial charge >= 0.3 is 0 Å². The number of benzene rings is 3. The Morgan fingerprint density at radius 2 is 1.48 bits per heavy atom. The van der Waals surface area contributed by atoms with Gasteiger partial charge < -0.3 is 15.4 Å². The fourth-order valence-corrected chi connectivity index (χ4v) is 3.89. The van der Waals surface area contributed by atoms with Gasteiger partial charge in [-0.2, -0.15) is 10.2 Å². The van der Waals surface area contributed by atoms with Crippen LogP contribution >= 0.6 is 0 Å². The number of nitrogens with two attached hydrogens (primary N) is 1. The Hall–Kier alpha value is -3.18. The summed E-state index contributed by atoms with van der Waals surface area (Å²) in [5, 5.41) is 8.77. The van der Waals surface area contributed by atoms with Crippen LogP contribution in [-0.2, 0) is 18.6 Å². The highest BCUT2D eigenvalue weighted by atomic mass is 16.5. The van der Waals surface area contributed by atoms with Gasteiger partial charge in [0.25, 0.3) is 0 Å². The molecule has 0 spiro atoms. The third-order valence-corrected chi connectivity index (χ3v) is 5.86. The van der Waals surface area contributed by atoms with Crippen LogP contribution in [0.15, 0.2) is 77.0 Å². The van der Waals surface area contributed by atoms with Crippen molar-refractivity contribution in [1.82, 2.24) is 0 Å². The molecule has 5 nitrogen and oxygen atoms in total. The van der Waals surface area contributed by atoms with Gasteiger partial charge in [-0.1, -0.05) is 36.4 Å². The number of nitrogens with zero attached hydrogens (tertiary/aromatic N) is 3. The van der Waals surface area contributed by atoms with Crippen LogP contribution in [0.25, 0.3) is 0 Å². The van der Waals surface area contributed by atoms with Crippen molar-refractivity contribution in [1.29, 1.82) is 0 Å². The summed E-state index contributed by atoms with van der Waals surface area (Å²) in [5.41, 5.74) is 12.7. The predicted octanol–water partition coefficient (Wildman–Crippen LogP) is 5.58. The van der Waals surface area contributed by atoms with Crippen LogP contribution in [0.4, 0.5) is 17.1 Å². The van der Waals surface area contributed by atoms with Gasteiger partial charge in [-0.25, -0.2) is 0 Å². The maximum absolute atomic E-state index is 6.24. The molecule has 0 saturated heterocycles. The lowest BCUT2D eigenvalue weighted by Gasteiger charge is -2.20. The van der Waals surface area contributed by atoms with E-state index in [4.69, 9.17) is 10.5 Å². The SMILES string of the molecule is COc1cc(N=Nc2ccc(C3(N)CC3)cc2)ccc1N1Cc2ccccc2C1. The van der Waals surface area contributed by atoms with Crippen molar-refractivity contribution in [3.63, 3.8) is 0 Å². The van der Waals surface area contributed by atoms with Gasteiger partial charge in [0.2, 0.25) is 0 Å². The minimum atomic E-state index is -0.117. The van der Waals surface area contributed by atoms with Gasteiger partial charge in [0.05, 0.1) is 24.2 Å². The van der Waals surface area contributed by atoms with E-state index in [9.17, 15) is 0 Å². The molecule has 0 aromatic heterocycles. The number of anilines is 1. The van der Waals surface area contributed by atoms with Gasteiger partial charge in [-0.05, 0) is 53.8 Å². The zero-order valence-corrected chi connectivity index (χ0v) is 16.5. The highest BCUT2D eigenvalue weighted by Gasteiger charge is 2.39. The van der Waals surface area contributed by atoms with Gasteiger partial charge in [0, 0.05) is 24.7 Å². The highest BCUT2D eigenvalue weighted by Crippen LogP contribution is 2.43. The summed E-state index contributed by atoms with van der Waals surface area (Å²) in [4.78, 5) is 2.32. The molecule has 1 aliphatic carbocycles. The number of rotatable bonds is 5. The number of methoxy groups -OCH3 is 1. The predicted molar refractivity (Wildman–Crippen MR) is 115 cm³/mol. The maximum atomic E-state index is 6.24. The average Bonchev–Trinajstić information content (AvgIpc) is 3.36. The zero-order valence-electron chi connectivity index (χ0n) is 16.5. The molecule has 1 fully saturated rings. The van der Waals surface area contributed by atoms with E-state index in [0.29, 0.717) is 0 Å². The Labute approximate surface area is 170 Å². The molecule has 29 heavy (non-hydrogen) atoms. The van der Waals surface area contributed by atoms with E-state index in [-0.39, 0.29) is 5.54 Å². The minimum Gasteiger partial charge on any atom is -0.495 e. The average molecular weight is 384 g/mol. The van der Waals surface area contributed by atoms with Crippen molar-refractivity contribution in [2.45, 2.75) is 31.5 Å². The molecule has 5 rings (SSSR count). The van der Waals surface area contributed by atoms with E-state index in [0.717, 1.165) is 48.7 Å². The first-order chi connectivity index (χ1) is 14.1. The lowest BCUT2D eigenvalue weighted by atomic mass is 10.1. The second-order valence-corrected chi connectivity index (χ2v) is 7.88. The summed E-state index contributed by atoms with van der Waals surface area (Å²) in [7, 11) is 1.70. The fourth-order valence-electron chi connectivity index (χ4n) is 3.89. The third kappa shape index (κ3) is 3.49. The van der Waals surface area contributed by atoms with Crippen LogP contribution in [0.2, 0.25) is 0 Å². The Morgan fingerprint density at radius 1 is 0.862 bits per heavy atom. The normalized spacial score (nSPS) is 16.8. The molecular formula is C24H24N4O. The number of azo groups is 1. The number of hydrogen-bond acceptors (Lipinski definition) is 5. The first-order valence-corrected chi connectivity index (χ1v) is 9.96. The molecule has 1 aliphatic heterocycles. The molecule has 2 N–H and O–H groups in total. The Balaban J connectivity index is 1.33. The summed E-state index contributed by atoms with van der Waals surface area (Å²) in [6.07, 6.45) is 2.12. The van der Waals surface area contributed by atoms with E-state index in [1.165, 1.54) is 16.7 Å². The standard InChI is InChI=1S/C24H24N4O/c1-29-23-14-21(27-26-20-8-6-19(7-9-20)24(25)12-13-24)10-11-22(23)28-15-17-4-2-3-5-18(17)16-28/h2-11,14H,12-13,15-16,25H2,1H3. The van der Waals surface area contributed by atoms with Crippen LogP contribution in [0.3, 0.4) is 0 Å². The van der Waals surface area contributed by atoms with Crippen LogP contribution in [-0.4, -0.2) is 7.11 Å². The molecule has 0 unspecified atom stereocenters. The summed E-state index contributed by atoms with van der Waals surface area (Å²) in [6, 6.07) is 22.6. The van der Waals surface area contributed by atoms with E-state index in [1.807, 2.05) is 24.3 Å². The van der Waals surface area contributed by atoms with E-state index in [1.54, 1.807) is 7.11 Å². The largest absolute Gasteiger partial charge is 0.495 e. The fraction of sp³-hybridized carbons (Fsp3) is 0.250. The molecule has 1 heterocycles. The van der Waals surface area contributed by atoms with Crippen LogP contribution in [0.5, 0.6) is 5.75 Å². The van der Waals surface area contributed by atoms with Crippen molar-refractivity contribution in [3.8, 4) is 5.75 Å². The Bertz CT molecular complexity index is 1050. The second-order valence-electron chi connectivity index (χ2n) is 7.88. The van der Waals surface area contributed by atoms with Crippen LogP contribution in [0, 0.1) is 0 Å².